The Morgan fingerprint density at radius 3 is 2.56 bits per heavy atom. The van der Waals surface area contributed by atoms with Crippen LogP contribution in [0, 0.1) is 6.92 Å². The molecule has 0 spiro atoms. The summed E-state index contributed by atoms with van der Waals surface area (Å²) in [4.78, 5) is 16.2. The SMILES string of the molecule is CN=C(NCCOc1ccccc1)NCCC(=O)Nc1ccc(C)cc1Cl. The van der Waals surface area contributed by atoms with Crippen LogP contribution >= 0.6 is 11.6 Å². The van der Waals surface area contributed by atoms with Gasteiger partial charge in [-0.15, -0.1) is 0 Å². The first-order chi connectivity index (χ1) is 13.1. The lowest BCUT2D eigenvalue weighted by Gasteiger charge is -2.13. The largest absolute Gasteiger partial charge is 0.492 e. The number of halogens is 1. The summed E-state index contributed by atoms with van der Waals surface area (Å²) >= 11 is 6.12. The molecule has 0 bridgehead atoms. The highest BCUT2D eigenvalue weighted by molar-refractivity contribution is 6.33. The van der Waals surface area contributed by atoms with Gasteiger partial charge in [-0.05, 0) is 36.8 Å². The summed E-state index contributed by atoms with van der Waals surface area (Å²) in [5.41, 5.74) is 1.67. The number of aliphatic imine (C=N–C) groups is 1. The van der Waals surface area contributed by atoms with E-state index in [4.69, 9.17) is 16.3 Å². The number of nitrogens with zero attached hydrogens (tertiary/aromatic N) is 1. The second-order valence-electron chi connectivity index (χ2n) is 5.87. The van der Waals surface area contributed by atoms with Crippen molar-refractivity contribution in [2.75, 3.05) is 32.1 Å². The number of anilines is 1. The van der Waals surface area contributed by atoms with Gasteiger partial charge in [0, 0.05) is 20.0 Å². The first kappa shape index (κ1) is 20.6. The van der Waals surface area contributed by atoms with Crippen molar-refractivity contribution in [2.45, 2.75) is 13.3 Å². The molecule has 7 heteroatoms. The average molecular weight is 389 g/mol. The summed E-state index contributed by atoms with van der Waals surface area (Å²) in [6, 6.07) is 15.1. The number of ether oxygens (including phenoxy) is 1. The van der Waals surface area contributed by atoms with Crippen LogP contribution in [-0.2, 0) is 4.79 Å². The van der Waals surface area contributed by atoms with E-state index in [1.54, 1.807) is 13.1 Å². The van der Waals surface area contributed by atoms with Crippen molar-refractivity contribution in [2.24, 2.45) is 4.99 Å². The molecule has 0 saturated heterocycles. The Labute approximate surface area is 165 Å². The fourth-order valence-corrected chi connectivity index (χ4v) is 2.59. The molecule has 2 aromatic rings. The van der Waals surface area contributed by atoms with Crippen LogP contribution in [0.5, 0.6) is 5.75 Å². The lowest BCUT2D eigenvalue weighted by Crippen LogP contribution is -2.40. The monoisotopic (exact) mass is 388 g/mol. The van der Waals surface area contributed by atoms with E-state index in [0.29, 0.717) is 42.8 Å². The summed E-state index contributed by atoms with van der Waals surface area (Å²) in [6.07, 6.45) is 0.297. The molecule has 3 N–H and O–H groups in total. The number of hydrogen-bond acceptors (Lipinski definition) is 3. The zero-order valence-corrected chi connectivity index (χ0v) is 16.3. The van der Waals surface area contributed by atoms with Gasteiger partial charge in [-0.25, -0.2) is 0 Å². The number of guanidine groups is 1. The minimum atomic E-state index is -0.115. The highest BCUT2D eigenvalue weighted by atomic mass is 35.5. The van der Waals surface area contributed by atoms with Crippen molar-refractivity contribution in [3.63, 3.8) is 0 Å². The second kappa shape index (κ2) is 11.1. The Hall–Kier alpha value is -2.73. The predicted octanol–water partition coefficient (Wildman–Crippen LogP) is 3.22. The highest BCUT2D eigenvalue weighted by Gasteiger charge is 2.06. The molecule has 2 rings (SSSR count). The van der Waals surface area contributed by atoms with E-state index in [2.05, 4.69) is 20.9 Å². The van der Waals surface area contributed by atoms with Crippen molar-refractivity contribution in [3.8, 4) is 5.75 Å². The Bertz CT molecular complexity index is 766. The number of carbonyl (C=O) groups excluding carboxylic acids is 1. The number of aryl methyl sites for hydroxylation is 1. The van der Waals surface area contributed by atoms with Crippen LogP contribution in [0.4, 0.5) is 5.69 Å². The minimum absolute atomic E-state index is 0.115. The molecule has 0 radical (unpaired) electrons. The van der Waals surface area contributed by atoms with Gasteiger partial charge in [0.05, 0.1) is 17.3 Å². The van der Waals surface area contributed by atoms with Crippen molar-refractivity contribution >= 4 is 29.2 Å². The molecule has 0 fully saturated rings. The number of nitrogens with one attached hydrogen (secondary N) is 3. The van der Waals surface area contributed by atoms with Crippen LogP contribution in [0.1, 0.15) is 12.0 Å². The topological polar surface area (TPSA) is 74.8 Å². The normalized spacial score (nSPS) is 11.0. The molecule has 0 heterocycles. The minimum Gasteiger partial charge on any atom is -0.492 e. The van der Waals surface area contributed by atoms with Crippen molar-refractivity contribution in [1.82, 2.24) is 10.6 Å². The van der Waals surface area contributed by atoms with Crippen LogP contribution in [-0.4, -0.2) is 38.6 Å². The fourth-order valence-electron chi connectivity index (χ4n) is 2.30. The van der Waals surface area contributed by atoms with Gasteiger partial charge in [0.15, 0.2) is 5.96 Å². The van der Waals surface area contributed by atoms with Crippen LogP contribution in [0.25, 0.3) is 0 Å². The first-order valence-electron chi connectivity index (χ1n) is 8.77. The summed E-state index contributed by atoms with van der Waals surface area (Å²) in [5, 5.41) is 9.58. The van der Waals surface area contributed by atoms with Crippen LogP contribution in [0.2, 0.25) is 5.02 Å². The smallest absolute Gasteiger partial charge is 0.226 e. The van der Waals surface area contributed by atoms with E-state index in [9.17, 15) is 4.79 Å². The molecule has 27 heavy (non-hydrogen) atoms. The lowest BCUT2D eigenvalue weighted by atomic mass is 10.2. The van der Waals surface area contributed by atoms with E-state index in [0.717, 1.165) is 11.3 Å². The maximum Gasteiger partial charge on any atom is 0.226 e. The molecule has 0 saturated carbocycles. The number of hydrogen-bond donors (Lipinski definition) is 3. The standard InChI is InChI=1S/C20H25ClN4O2/c1-15-8-9-18(17(21)14-15)25-19(26)10-11-23-20(22-2)24-12-13-27-16-6-4-3-5-7-16/h3-9,14H,10-13H2,1-2H3,(H,25,26)(H2,22,23,24). The predicted molar refractivity (Wildman–Crippen MR) is 111 cm³/mol. The van der Waals surface area contributed by atoms with Gasteiger partial charge in [0.25, 0.3) is 0 Å². The summed E-state index contributed by atoms with van der Waals surface area (Å²) in [6.45, 7) is 3.51. The summed E-state index contributed by atoms with van der Waals surface area (Å²) < 4.78 is 5.61. The molecule has 0 atom stereocenters. The maximum atomic E-state index is 12.0. The third-order valence-electron chi connectivity index (χ3n) is 3.67. The second-order valence-corrected chi connectivity index (χ2v) is 6.28. The maximum absolute atomic E-state index is 12.0. The molecular formula is C20H25ClN4O2. The van der Waals surface area contributed by atoms with Crippen molar-refractivity contribution < 1.29 is 9.53 Å². The zero-order valence-electron chi connectivity index (χ0n) is 15.6. The van der Waals surface area contributed by atoms with E-state index in [1.165, 1.54) is 0 Å². The van der Waals surface area contributed by atoms with E-state index < -0.39 is 0 Å². The molecule has 0 aromatic heterocycles. The van der Waals surface area contributed by atoms with Gasteiger partial charge in [-0.2, -0.15) is 0 Å². The van der Waals surface area contributed by atoms with Crippen LogP contribution in [0.15, 0.2) is 53.5 Å². The van der Waals surface area contributed by atoms with Gasteiger partial charge in [0.1, 0.15) is 12.4 Å². The molecule has 0 unspecified atom stereocenters. The Kier molecular flexibility index (Phi) is 8.45. The zero-order chi connectivity index (χ0) is 19.5. The van der Waals surface area contributed by atoms with Gasteiger partial charge in [-0.3, -0.25) is 9.79 Å². The molecule has 0 aliphatic carbocycles. The van der Waals surface area contributed by atoms with Crippen LogP contribution in [0.3, 0.4) is 0 Å². The molecule has 144 valence electrons. The van der Waals surface area contributed by atoms with Gasteiger partial charge in [-0.1, -0.05) is 35.9 Å². The average Bonchev–Trinajstić information content (AvgIpc) is 2.67. The van der Waals surface area contributed by atoms with Crippen molar-refractivity contribution in [1.29, 1.82) is 0 Å². The molecule has 6 nitrogen and oxygen atoms in total. The molecule has 2 aromatic carbocycles. The first-order valence-corrected chi connectivity index (χ1v) is 9.14. The number of para-hydroxylation sites is 1. The number of rotatable bonds is 8. The third-order valence-corrected chi connectivity index (χ3v) is 3.99. The van der Waals surface area contributed by atoms with E-state index in [-0.39, 0.29) is 5.91 Å². The van der Waals surface area contributed by atoms with Gasteiger partial charge >= 0.3 is 0 Å². The molecule has 1 amide bonds. The van der Waals surface area contributed by atoms with Gasteiger partial charge in [0.2, 0.25) is 5.91 Å². The van der Waals surface area contributed by atoms with E-state index in [1.807, 2.05) is 49.4 Å². The van der Waals surface area contributed by atoms with Crippen molar-refractivity contribution in [3.05, 3.63) is 59.1 Å². The van der Waals surface area contributed by atoms with E-state index >= 15 is 0 Å². The fraction of sp³-hybridized carbons (Fsp3) is 0.300. The third kappa shape index (κ3) is 7.58. The highest BCUT2D eigenvalue weighted by Crippen LogP contribution is 2.22. The summed E-state index contributed by atoms with van der Waals surface area (Å²) in [5.74, 6) is 1.33. The molecule has 0 aliphatic heterocycles. The summed E-state index contributed by atoms with van der Waals surface area (Å²) in [7, 11) is 1.68. The Morgan fingerprint density at radius 1 is 1.11 bits per heavy atom. The Balaban J connectivity index is 1.64. The molecular weight excluding hydrogens is 364 g/mol. The van der Waals surface area contributed by atoms with Gasteiger partial charge < -0.3 is 20.7 Å². The number of benzene rings is 2. The molecule has 0 aliphatic rings. The quantitative estimate of drug-likeness (QED) is 0.369. The Morgan fingerprint density at radius 2 is 1.85 bits per heavy atom. The van der Waals surface area contributed by atoms with Crippen LogP contribution < -0.4 is 20.7 Å². The number of carbonyl (C=O) groups is 1. The number of amides is 1. The lowest BCUT2D eigenvalue weighted by molar-refractivity contribution is -0.116.